The lowest BCUT2D eigenvalue weighted by Gasteiger charge is -2.30. The Bertz CT molecular complexity index is 326. The summed E-state index contributed by atoms with van der Waals surface area (Å²) in [5, 5.41) is 12.4. The van der Waals surface area contributed by atoms with Crippen molar-refractivity contribution in [3.63, 3.8) is 0 Å². The molecule has 0 aliphatic heterocycles. The Hall–Kier alpha value is -1.04. The van der Waals surface area contributed by atoms with Crippen molar-refractivity contribution in [1.29, 1.82) is 5.26 Å². The van der Waals surface area contributed by atoms with E-state index in [9.17, 15) is 10.1 Å². The van der Waals surface area contributed by atoms with Crippen LogP contribution in [0, 0.1) is 22.7 Å². The molecule has 0 radical (unpaired) electrons. The summed E-state index contributed by atoms with van der Waals surface area (Å²) in [4.78, 5) is 12.3. The highest BCUT2D eigenvalue weighted by molar-refractivity contribution is 5.85. The van der Waals surface area contributed by atoms with Crippen molar-refractivity contribution in [1.82, 2.24) is 5.32 Å². The largest absolute Gasteiger partial charge is 0.352 e. The highest BCUT2D eigenvalue weighted by atomic mass is 16.2. The first-order valence-electron chi connectivity index (χ1n) is 6.88. The summed E-state index contributed by atoms with van der Waals surface area (Å²) in [5.41, 5.74) is -0.718. The molecule has 17 heavy (non-hydrogen) atoms. The number of rotatable bonds is 2. The topological polar surface area (TPSA) is 52.9 Å². The Balaban J connectivity index is 1.96. The third-order valence-corrected chi connectivity index (χ3v) is 4.39. The molecule has 3 nitrogen and oxygen atoms in total. The van der Waals surface area contributed by atoms with Crippen molar-refractivity contribution in [2.45, 2.75) is 64.3 Å². The number of carbonyl (C=O) groups excluding carboxylic acids is 1. The quantitative estimate of drug-likeness (QED) is 0.798. The predicted octanol–water partition coefficient (Wildman–Crippen LogP) is 2.77. The molecule has 2 fully saturated rings. The smallest absolute Gasteiger partial charge is 0.240 e. The molecule has 1 amide bonds. The van der Waals surface area contributed by atoms with Gasteiger partial charge in [-0.3, -0.25) is 4.79 Å². The fraction of sp³-hybridized carbons (Fsp3) is 0.857. The summed E-state index contributed by atoms with van der Waals surface area (Å²) in [6.45, 7) is 2.23. The van der Waals surface area contributed by atoms with Gasteiger partial charge in [-0.1, -0.05) is 26.2 Å². The predicted molar refractivity (Wildman–Crippen MR) is 66.1 cm³/mol. The molecule has 1 N–H and O–H groups in total. The minimum atomic E-state index is -0.718. The van der Waals surface area contributed by atoms with E-state index in [0.717, 1.165) is 44.9 Å². The van der Waals surface area contributed by atoms with E-state index in [2.05, 4.69) is 18.3 Å². The van der Waals surface area contributed by atoms with Crippen LogP contribution in [0.25, 0.3) is 0 Å². The van der Waals surface area contributed by atoms with E-state index in [1.807, 2.05) is 0 Å². The van der Waals surface area contributed by atoms with Crippen LogP contribution in [0.3, 0.4) is 0 Å². The normalized spacial score (nSPS) is 31.8. The van der Waals surface area contributed by atoms with Gasteiger partial charge in [0.25, 0.3) is 0 Å². The zero-order chi connectivity index (χ0) is 12.3. The maximum Gasteiger partial charge on any atom is 0.240 e. The molecule has 2 atom stereocenters. The lowest BCUT2D eigenvalue weighted by molar-refractivity contribution is -0.130. The van der Waals surface area contributed by atoms with Gasteiger partial charge in [0.15, 0.2) is 0 Å². The van der Waals surface area contributed by atoms with E-state index in [1.165, 1.54) is 6.42 Å². The first-order valence-corrected chi connectivity index (χ1v) is 6.88. The molecule has 2 aliphatic carbocycles. The average molecular weight is 234 g/mol. The standard InChI is InChI=1S/C14H22N2O/c1-11-5-6-12(9-11)16-13(17)14(10-15)7-3-2-4-8-14/h11-12H,2-9H2,1H3,(H,16,17). The molecule has 94 valence electrons. The van der Waals surface area contributed by atoms with Crippen LogP contribution in [0.1, 0.15) is 58.3 Å². The molecule has 0 aromatic heterocycles. The third-order valence-electron chi connectivity index (χ3n) is 4.39. The zero-order valence-electron chi connectivity index (χ0n) is 10.7. The second-order valence-corrected chi connectivity index (χ2v) is 5.84. The van der Waals surface area contributed by atoms with Gasteiger partial charge >= 0.3 is 0 Å². The lowest BCUT2D eigenvalue weighted by atomic mass is 9.74. The van der Waals surface area contributed by atoms with Crippen LogP contribution in [0.2, 0.25) is 0 Å². The number of nitrogens with zero attached hydrogens (tertiary/aromatic N) is 1. The van der Waals surface area contributed by atoms with Gasteiger partial charge in [-0.25, -0.2) is 0 Å². The molecular formula is C14H22N2O. The van der Waals surface area contributed by atoms with Gasteiger partial charge in [0.05, 0.1) is 6.07 Å². The Morgan fingerprint density at radius 1 is 1.29 bits per heavy atom. The van der Waals surface area contributed by atoms with Crippen molar-refractivity contribution in [2.75, 3.05) is 0 Å². The number of nitriles is 1. The van der Waals surface area contributed by atoms with Crippen molar-refractivity contribution in [2.24, 2.45) is 11.3 Å². The van der Waals surface area contributed by atoms with Crippen LogP contribution in [-0.4, -0.2) is 11.9 Å². The van der Waals surface area contributed by atoms with E-state index in [0.29, 0.717) is 12.0 Å². The molecule has 0 aromatic rings. The number of amides is 1. The highest BCUT2D eigenvalue weighted by Gasteiger charge is 2.41. The molecule has 2 rings (SSSR count). The van der Waals surface area contributed by atoms with Crippen LogP contribution in [0.4, 0.5) is 0 Å². The van der Waals surface area contributed by atoms with Crippen molar-refractivity contribution in [3.8, 4) is 6.07 Å². The molecule has 0 heterocycles. The van der Waals surface area contributed by atoms with Gasteiger partial charge < -0.3 is 5.32 Å². The molecule has 0 aromatic carbocycles. The molecule has 0 spiro atoms. The van der Waals surface area contributed by atoms with Crippen molar-refractivity contribution >= 4 is 5.91 Å². The molecule has 2 aliphatic rings. The van der Waals surface area contributed by atoms with Gasteiger partial charge in [-0.05, 0) is 38.0 Å². The van der Waals surface area contributed by atoms with E-state index in [-0.39, 0.29) is 5.91 Å². The SMILES string of the molecule is CC1CCC(NC(=O)C2(C#N)CCCCC2)C1. The first kappa shape index (κ1) is 12.4. The van der Waals surface area contributed by atoms with Crippen LogP contribution in [-0.2, 0) is 4.79 Å². The zero-order valence-corrected chi connectivity index (χ0v) is 10.7. The molecule has 2 unspecified atom stereocenters. The maximum absolute atomic E-state index is 12.3. The van der Waals surface area contributed by atoms with Gasteiger partial charge in [0.2, 0.25) is 5.91 Å². The molecule has 0 saturated heterocycles. The summed E-state index contributed by atoms with van der Waals surface area (Å²) in [7, 11) is 0. The monoisotopic (exact) mass is 234 g/mol. The Morgan fingerprint density at radius 2 is 2.00 bits per heavy atom. The highest BCUT2D eigenvalue weighted by Crippen LogP contribution is 2.36. The minimum absolute atomic E-state index is 0.00111. The van der Waals surface area contributed by atoms with Crippen molar-refractivity contribution in [3.05, 3.63) is 0 Å². The van der Waals surface area contributed by atoms with Gasteiger partial charge in [0.1, 0.15) is 5.41 Å². The Morgan fingerprint density at radius 3 is 2.53 bits per heavy atom. The fourth-order valence-corrected chi connectivity index (χ4v) is 3.21. The summed E-state index contributed by atoms with van der Waals surface area (Å²) >= 11 is 0. The Labute approximate surface area is 104 Å². The number of carbonyl (C=O) groups is 1. The van der Waals surface area contributed by atoms with Crippen LogP contribution in [0.5, 0.6) is 0 Å². The summed E-state index contributed by atoms with van der Waals surface area (Å²) in [6.07, 6.45) is 8.04. The van der Waals surface area contributed by atoms with Gasteiger partial charge in [-0.15, -0.1) is 0 Å². The summed E-state index contributed by atoms with van der Waals surface area (Å²) < 4.78 is 0. The van der Waals surface area contributed by atoms with Crippen molar-refractivity contribution < 1.29 is 4.79 Å². The fourth-order valence-electron chi connectivity index (χ4n) is 3.21. The van der Waals surface area contributed by atoms with Gasteiger partial charge in [-0.2, -0.15) is 5.26 Å². The summed E-state index contributed by atoms with van der Waals surface area (Å²) in [5.74, 6) is 0.712. The van der Waals surface area contributed by atoms with Crippen LogP contribution in [0.15, 0.2) is 0 Å². The van der Waals surface area contributed by atoms with Crippen LogP contribution >= 0.6 is 0 Å². The Kier molecular flexibility index (Phi) is 3.71. The number of nitrogens with one attached hydrogen (secondary N) is 1. The van der Waals surface area contributed by atoms with E-state index in [1.54, 1.807) is 0 Å². The molecule has 2 saturated carbocycles. The summed E-state index contributed by atoms with van der Waals surface area (Å²) in [6, 6.07) is 2.60. The molecule has 3 heteroatoms. The maximum atomic E-state index is 12.3. The van der Waals surface area contributed by atoms with Crippen LogP contribution < -0.4 is 5.32 Å². The molecular weight excluding hydrogens is 212 g/mol. The molecule has 0 bridgehead atoms. The van der Waals surface area contributed by atoms with E-state index >= 15 is 0 Å². The lowest BCUT2D eigenvalue weighted by Crippen LogP contribution is -2.45. The van der Waals surface area contributed by atoms with E-state index in [4.69, 9.17) is 0 Å². The number of hydrogen-bond acceptors (Lipinski definition) is 2. The second-order valence-electron chi connectivity index (χ2n) is 5.84. The van der Waals surface area contributed by atoms with E-state index < -0.39 is 5.41 Å². The second kappa shape index (κ2) is 5.08. The average Bonchev–Trinajstić information content (AvgIpc) is 2.75. The minimum Gasteiger partial charge on any atom is -0.352 e. The third kappa shape index (κ3) is 2.62. The number of hydrogen-bond donors (Lipinski definition) is 1. The first-order chi connectivity index (χ1) is 8.16. The van der Waals surface area contributed by atoms with Gasteiger partial charge in [0, 0.05) is 6.04 Å².